The Bertz CT molecular complexity index is 778. The van der Waals surface area contributed by atoms with Crippen LogP contribution in [0.1, 0.15) is 36.6 Å². The second-order valence-electron chi connectivity index (χ2n) is 8.30. The van der Waals surface area contributed by atoms with Gasteiger partial charge in [0.05, 0.1) is 25.5 Å². The minimum Gasteiger partial charge on any atom is -0.468 e. The van der Waals surface area contributed by atoms with Gasteiger partial charge in [-0.05, 0) is 50.0 Å². The predicted molar refractivity (Wildman–Crippen MR) is 135 cm³/mol. The van der Waals surface area contributed by atoms with Crippen LogP contribution in [0.2, 0.25) is 0 Å². The molecule has 2 unspecified atom stereocenters. The first kappa shape index (κ1) is 24.1. The number of aliphatic imine (C=N–C) groups is 1. The third kappa shape index (κ3) is 6.70. The molecule has 2 aliphatic rings. The van der Waals surface area contributed by atoms with Gasteiger partial charge < -0.3 is 19.4 Å². The summed E-state index contributed by atoms with van der Waals surface area (Å²) in [4.78, 5) is 9.43. The van der Waals surface area contributed by atoms with Crippen LogP contribution in [0.3, 0.4) is 0 Å². The number of ether oxygens (including phenoxy) is 1. The molecule has 170 valence electrons. The van der Waals surface area contributed by atoms with Crippen molar-refractivity contribution in [3.8, 4) is 0 Å². The quantitative estimate of drug-likeness (QED) is 0.311. The van der Waals surface area contributed by atoms with Crippen molar-refractivity contribution in [2.75, 3.05) is 46.4 Å². The Kier molecular flexibility index (Phi) is 9.67. The summed E-state index contributed by atoms with van der Waals surface area (Å²) in [6.07, 6.45) is 5.45. The number of benzene rings is 1. The highest BCUT2D eigenvalue weighted by Gasteiger charge is 2.28. The third-order valence-corrected chi connectivity index (χ3v) is 6.17. The van der Waals surface area contributed by atoms with E-state index in [9.17, 15) is 0 Å². The first-order chi connectivity index (χ1) is 14.8. The maximum absolute atomic E-state index is 5.97. The number of hydrogen-bond acceptors (Lipinski definition) is 4. The molecule has 2 atom stereocenters. The minimum atomic E-state index is 0. The third-order valence-electron chi connectivity index (χ3n) is 6.17. The van der Waals surface area contributed by atoms with Crippen LogP contribution in [0.4, 0.5) is 0 Å². The summed E-state index contributed by atoms with van der Waals surface area (Å²) in [6.45, 7) is 6.58. The molecule has 0 spiro atoms. The van der Waals surface area contributed by atoms with E-state index in [1.54, 1.807) is 6.26 Å². The highest BCUT2D eigenvalue weighted by molar-refractivity contribution is 14.0. The lowest BCUT2D eigenvalue weighted by molar-refractivity contribution is 0.0906. The Morgan fingerprint density at radius 1 is 1.16 bits per heavy atom. The van der Waals surface area contributed by atoms with E-state index < -0.39 is 0 Å². The van der Waals surface area contributed by atoms with Crippen LogP contribution in [0.25, 0.3) is 0 Å². The SMILES string of the molecule is CN=C(NCC(c1ccco1)N1CCCC1)N1CCC(COCc2ccccc2)C1.I. The van der Waals surface area contributed by atoms with Gasteiger partial charge in [0, 0.05) is 32.6 Å². The Hall–Kier alpha value is -1.58. The van der Waals surface area contributed by atoms with E-state index in [4.69, 9.17) is 9.15 Å². The number of rotatable bonds is 8. The van der Waals surface area contributed by atoms with Crippen molar-refractivity contribution in [1.29, 1.82) is 0 Å². The lowest BCUT2D eigenvalue weighted by atomic mass is 10.1. The molecule has 3 heterocycles. The van der Waals surface area contributed by atoms with Gasteiger partial charge in [-0.25, -0.2) is 0 Å². The van der Waals surface area contributed by atoms with E-state index in [1.807, 2.05) is 19.2 Å². The molecule has 6 nitrogen and oxygen atoms in total. The zero-order valence-electron chi connectivity index (χ0n) is 18.4. The summed E-state index contributed by atoms with van der Waals surface area (Å²) < 4.78 is 11.7. The molecule has 0 amide bonds. The summed E-state index contributed by atoms with van der Waals surface area (Å²) in [5.74, 6) is 2.57. The lowest BCUT2D eigenvalue weighted by Gasteiger charge is -2.28. The molecule has 1 aromatic carbocycles. The van der Waals surface area contributed by atoms with Crippen molar-refractivity contribution < 1.29 is 9.15 Å². The Balaban J connectivity index is 0.00000272. The van der Waals surface area contributed by atoms with Crippen molar-refractivity contribution in [1.82, 2.24) is 15.1 Å². The first-order valence-corrected chi connectivity index (χ1v) is 11.2. The van der Waals surface area contributed by atoms with Crippen LogP contribution in [-0.4, -0.2) is 62.1 Å². The molecule has 0 radical (unpaired) electrons. The monoisotopic (exact) mass is 538 g/mol. The van der Waals surface area contributed by atoms with Crippen LogP contribution in [0.5, 0.6) is 0 Å². The highest BCUT2D eigenvalue weighted by atomic mass is 127. The summed E-state index contributed by atoms with van der Waals surface area (Å²) in [5, 5.41) is 3.61. The predicted octanol–water partition coefficient (Wildman–Crippen LogP) is 4.15. The van der Waals surface area contributed by atoms with E-state index in [-0.39, 0.29) is 30.0 Å². The summed E-state index contributed by atoms with van der Waals surface area (Å²) >= 11 is 0. The fourth-order valence-corrected chi connectivity index (χ4v) is 4.54. The zero-order chi connectivity index (χ0) is 20.6. The highest BCUT2D eigenvalue weighted by Crippen LogP contribution is 2.25. The zero-order valence-corrected chi connectivity index (χ0v) is 20.7. The normalized spacial score (nSPS) is 20.6. The molecule has 31 heavy (non-hydrogen) atoms. The molecule has 1 aromatic heterocycles. The lowest BCUT2D eigenvalue weighted by Crippen LogP contribution is -2.44. The molecule has 2 saturated heterocycles. The number of guanidine groups is 1. The maximum Gasteiger partial charge on any atom is 0.193 e. The number of halogens is 1. The van der Waals surface area contributed by atoms with Gasteiger partial charge in [-0.2, -0.15) is 0 Å². The Labute approximate surface area is 203 Å². The number of nitrogens with one attached hydrogen (secondary N) is 1. The summed E-state index contributed by atoms with van der Waals surface area (Å²) in [5.41, 5.74) is 1.23. The molecule has 2 fully saturated rings. The molecule has 7 heteroatoms. The van der Waals surface area contributed by atoms with Gasteiger partial charge in [0.25, 0.3) is 0 Å². The standard InChI is InChI=1S/C24H34N4O2.HI/c1-25-24(26-16-22(23-10-7-15-30-23)27-12-5-6-13-27)28-14-11-21(17-28)19-29-18-20-8-3-2-4-9-20;/h2-4,7-10,15,21-22H,5-6,11-14,16-19H2,1H3,(H,25,26);1H. The molecule has 0 bridgehead atoms. The second kappa shape index (κ2) is 12.5. The average Bonchev–Trinajstić information content (AvgIpc) is 3.55. The molecule has 1 N–H and O–H groups in total. The second-order valence-corrected chi connectivity index (χ2v) is 8.30. The average molecular weight is 538 g/mol. The number of hydrogen-bond donors (Lipinski definition) is 1. The Morgan fingerprint density at radius 2 is 1.97 bits per heavy atom. The van der Waals surface area contributed by atoms with Crippen LogP contribution in [-0.2, 0) is 11.3 Å². The van der Waals surface area contributed by atoms with E-state index >= 15 is 0 Å². The Morgan fingerprint density at radius 3 is 2.68 bits per heavy atom. The molecular formula is C24H35IN4O2. The molecule has 0 aliphatic carbocycles. The van der Waals surface area contributed by atoms with Crippen molar-refractivity contribution >= 4 is 29.9 Å². The van der Waals surface area contributed by atoms with E-state index in [0.717, 1.165) is 57.5 Å². The van der Waals surface area contributed by atoms with E-state index in [2.05, 4.69) is 50.4 Å². The van der Waals surface area contributed by atoms with Crippen molar-refractivity contribution in [3.05, 3.63) is 60.1 Å². The smallest absolute Gasteiger partial charge is 0.193 e. The molecule has 0 saturated carbocycles. The topological polar surface area (TPSA) is 53.2 Å². The van der Waals surface area contributed by atoms with Gasteiger partial charge in [-0.15, -0.1) is 24.0 Å². The minimum absolute atomic E-state index is 0. The molecule has 4 rings (SSSR count). The molecule has 2 aliphatic heterocycles. The van der Waals surface area contributed by atoms with E-state index in [1.165, 1.54) is 18.4 Å². The van der Waals surface area contributed by atoms with Crippen LogP contribution in [0, 0.1) is 5.92 Å². The number of nitrogens with zero attached hydrogens (tertiary/aromatic N) is 3. The molecular weight excluding hydrogens is 503 g/mol. The van der Waals surface area contributed by atoms with Gasteiger partial charge in [0.2, 0.25) is 0 Å². The number of likely N-dealkylation sites (tertiary alicyclic amines) is 2. The van der Waals surface area contributed by atoms with Gasteiger partial charge in [0.1, 0.15) is 5.76 Å². The molecule has 2 aromatic rings. The van der Waals surface area contributed by atoms with Crippen molar-refractivity contribution in [2.45, 2.75) is 31.9 Å². The van der Waals surface area contributed by atoms with Crippen molar-refractivity contribution in [2.24, 2.45) is 10.9 Å². The number of furan rings is 1. The maximum atomic E-state index is 5.97. The fourth-order valence-electron chi connectivity index (χ4n) is 4.54. The van der Waals surface area contributed by atoms with Gasteiger partial charge in [-0.3, -0.25) is 9.89 Å². The van der Waals surface area contributed by atoms with Crippen LogP contribution < -0.4 is 5.32 Å². The van der Waals surface area contributed by atoms with Gasteiger partial charge in [-0.1, -0.05) is 30.3 Å². The van der Waals surface area contributed by atoms with E-state index in [0.29, 0.717) is 12.5 Å². The largest absolute Gasteiger partial charge is 0.468 e. The van der Waals surface area contributed by atoms with Crippen LogP contribution >= 0.6 is 24.0 Å². The first-order valence-electron chi connectivity index (χ1n) is 11.2. The fraction of sp³-hybridized carbons (Fsp3) is 0.542. The summed E-state index contributed by atoms with van der Waals surface area (Å²) in [7, 11) is 1.87. The summed E-state index contributed by atoms with van der Waals surface area (Å²) in [6, 6.07) is 14.7. The van der Waals surface area contributed by atoms with Crippen molar-refractivity contribution in [3.63, 3.8) is 0 Å². The van der Waals surface area contributed by atoms with Crippen LogP contribution in [0.15, 0.2) is 58.1 Å². The van der Waals surface area contributed by atoms with Gasteiger partial charge >= 0.3 is 0 Å². The van der Waals surface area contributed by atoms with Gasteiger partial charge in [0.15, 0.2) is 5.96 Å².